The highest BCUT2D eigenvalue weighted by molar-refractivity contribution is 5.76. The Kier molecular flexibility index (Phi) is 1.71. The molecule has 64 valence electrons. The van der Waals surface area contributed by atoms with Crippen LogP contribution in [0.4, 0.5) is 0 Å². The maximum atomic E-state index is 4.26. The van der Waals surface area contributed by atoms with Crippen LogP contribution in [0.25, 0.3) is 0 Å². The smallest absolute Gasteiger partial charge is 0.165 e. The van der Waals surface area contributed by atoms with Crippen LogP contribution >= 0.6 is 0 Å². The number of nitrogens with zero attached hydrogens (tertiary/aromatic N) is 2. The molecule has 2 aliphatic heterocycles. The van der Waals surface area contributed by atoms with E-state index in [-0.39, 0.29) is 6.17 Å². The van der Waals surface area contributed by atoms with Gasteiger partial charge in [-0.3, -0.25) is 4.99 Å². The number of aliphatic imine (C=N–C) groups is 2. The van der Waals surface area contributed by atoms with Gasteiger partial charge in [0.1, 0.15) is 0 Å². The average molecular weight is 163 g/mol. The van der Waals surface area contributed by atoms with Gasteiger partial charge >= 0.3 is 0 Å². The molecule has 0 aromatic carbocycles. The molecule has 0 spiro atoms. The number of hydrogen-bond acceptors (Lipinski definition) is 3. The largest absolute Gasteiger partial charge is 0.366 e. The van der Waals surface area contributed by atoms with Crippen LogP contribution < -0.4 is 5.32 Å². The van der Waals surface area contributed by atoms with Gasteiger partial charge in [-0.05, 0) is 17.6 Å². The molecule has 2 aliphatic rings. The Labute approximate surface area is 72.3 Å². The first kappa shape index (κ1) is 7.53. The summed E-state index contributed by atoms with van der Waals surface area (Å²) in [5, 5.41) is 3.22. The predicted octanol–water partition coefficient (Wildman–Crippen LogP) is 0.979. The first-order chi connectivity index (χ1) is 5.79. The van der Waals surface area contributed by atoms with Crippen molar-refractivity contribution >= 4 is 12.6 Å². The van der Waals surface area contributed by atoms with E-state index in [4.69, 9.17) is 0 Å². The second-order valence-corrected chi connectivity index (χ2v) is 3.46. The monoisotopic (exact) mass is 163 g/mol. The Hall–Kier alpha value is -1.12. The summed E-state index contributed by atoms with van der Waals surface area (Å²) >= 11 is 0. The molecule has 0 bridgehead atoms. The fourth-order valence-corrected chi connectivity index (χ4v) is 1.64. The van der Waals surface area contributed by atoms with Crippen LogP contribution in [-0.4, -0.2) is 24.8 Å². The highest BCUT2D eigenvalue weighted by Gasteiger charge is 2.29. The molecule has 0 aromatic heterocycles. The fourth-order valence-electron chi connectivity index (χ4n) is 1.64. The molecule has 0 fully saturated rings. The molecule has 2 rings (SSSR count). The minimum Gasteiger partial charge on any atom is -0.366 e. The zero-order valence-electron chi connectivity index (χ0n) is 7.36. The van der Waals surface area contributed by atoms with E-state index < -0.39 is 0 Å². The van der Waals surface area contributed by atoms with Crippen molar-refractivity contribution in [2.45, 2.75) is 26.1 Å². The van der Waals surface area contributed by atoms with Crippen molar-refractivity contribution < 1.29 is 0 Å². The van der Waals surface area contributed by atoms with Crippen LogP contribution in [0, 0.1) is 5.92 Å². The standard InChI is InChI=1S/C9H13N3/c1-6(2)7-3-4-10-9-8(7)11-5-12-9/h3-6,8-9H,1-2H3,(H,11,12). The van der Waals surface area contributed by atoms with Crippen LogP contribution in [0.3, 0.4) is 0 Å². The zero-order chi connectivity index (χ0) is 8.55. The lowest BCUT2D eigenvalue weighted by atomic mass is 9.93. The van der Waals surface area contributed by atoms with Gasteiger partial charge in [0.05, 0.1) is 12.4 Å². The van der Waals surface area contributed by atoms with Crippen molar-refractivity contribution in [2.75, 3.05) is 0 Å². The topological polar surface area (TPSA) is 36.8 Å². The lowest BCUT2D eigenvalue weighted by Crippen LogP contribution is -2.36. The van der Waals surface area contributed by atoms with E-state index in [1.807, 2.05) is 6.21 Å². The van der Waals surface area contributed by atoms with Crippen LogP contribution in [0.5, 0.6) is 0 Å². The Bertz CT molecular complexity index is 263. The molecule has 3 nitrogen and oxygen atoms in total. The zero-order valence-corrected chi connectivity index (χ0v) is 7.36. The van der Waals surface area contributed by atoms with Gasteiger partial charge in [0.2, 0.25) is 0 Å². The third-order valence-electron chi connectivity index (χ3n) is 2.31. The molecule has 0 saturated heterocycles. The molecular weight excluding hydrogens is 150 g/mol. The number of allylic oxidation sites excluding steroid dienone is 1. The van der Waals surface area contributed by atoms with Crippen LogP contribution in [0.1, 0.15) is 13.8 Å². The minimum atomic E-state index is 0.0902. The van der Waals surface area contributed by atoms with E-state index in [0.29, 0.717) is 12.0 Å². The number of nitrogens with one attached hydrogen (secondary N) is 1. The summed E-state index contributed by atoms with van der Waals surface area (Å²) in [5.74, 6) is 0.568. The van der Waals surface area contributed by atoms with Crippen LogP contribution in [0.15, 0.2) is 21.6 Å². The lowest BCUT2D eigenvalue weighted by Gasteiger charge is -2.24. The van der Waals surface area contributed by atoms with Gasteiger partial charge in [0.25, 0.3) is 0 Å². The first-order valence-electron chi connectivity index (χ1n) is 4.30. The molecule has 12 heavy (non-hydrogen) atoms. The second-order valence-electron chi connectivity index (χ2n) is 3.46. The summed E-state index contributed by atoms with van der Waals surface area (Å²) in [6.07, 6.45) is 5.80. The molecule has 3 heteroatoms. The van der Waals surface area contributed by atoms with Crippen molar-refractivity contribution in [3.05, 3.63) is 11.6 Å². The quantitative estimate of drug-likeness (QED) is 0.614. The van der Waals surface area contributed by atoms with E-state index in [2.05, 4.69) is 35.2 Å². The maximum absolute atomic E-state index is 4.26. The van der Waals surface area contributed by atoms with E-state index >= 15 is 0 Å². The van der Waals surface area contributed by atoms with Crippen molar-refractivity contribution in [1.82, 2.24) is 5.32 Å². The maximum Gasteiger partial charge on any atom is 0.165 e. The Morgan fingerprint density at radius 1 is 1.42 bits per heavy atom. The van der Waals surface area contributed by atoms with Gasteiger partial charge < -0.3 is 5.32 Å². The molecule has 0 radical (unpaired) electrons. The van der Waals surface area contributed by atoms with Gasteiger partial charge in [0, 0.05) is 6.21 Å². The average Bonchev–Trinajstić information content (AvgIpc) is 2.49. The molecule has 0 amide bonds. The SMILES string of the molecule is CC(C)C1=CC=NC2N=CNC12. The number of fused-ring (bicyclic) bond motifs is 1. The Morgan fingerprint density at radius 2 is 2.25 bits per heavy atom. The summed E-state index contributed by atoms with van der Waals surface area (Å²) < 4.78 is 0. The summed E-state index contributed by atoms with van der Waals surface area (Å²) in [6, 6.07) is 0.315. The van der Waals surface area contributed by atoms with Gasteiger partial charge in [-0.15, -0.1) is 0 Å². The van der Waals surface area contributed by atoms with E-state index in [9.17, 15) is 0 Å². The second kappa shape index (κ2) is 2.73. The normalized spacial score (nSPS) is 31.8. The third-order valence-corrected chi connectivity index (χ3v) is 2.31. The summed E-state index contributed by atoms with van der Waals surface area (Å²) in [4.78, 5) is 8.48. The molecule has 2 unspecified atom stereocenters. The Balaban J connectivity index is 2.24. The lowest BCUT2D eigenvalue weighted by molar-refractivity contribution is 0.544. The highest BCUT2D eigenvalue weighted by Crippen LogP contribution is 2.23. The molecule has 0 saturated carbocycles. The van der Waals surface area contributed by atoms with E-state index in [0.717, 1.165) is 0 Å². The molecule has 0 aliphatic carbocycles. The van der Waals surface area contributed by atoms with Gasteiger partial charge in [-0.2, -0.15) is 0 Å². The van der Waals surface area contributed by atoms with Gasteiger partial charge in [-0.1, -0.05) is 13.8 Å². The van der Waals surface area contributed by atoms with Gasteiger partial charge in [-0.25, -0.2) is 4.99 Å². The summed E-state index contributed by atoms with van der Waals surface area (Å²) in [5.41, 5.74) is 1.40. The van der Waals surface area contributed by atoms with E-state index in [1.54, 1.807) is 6.34 Å². The van der Waals surface area contributed by atoms with Crippen LogP contribution in [0.2, 0.25) is 0 Å². The van der Waals surface area contributed by atoms with Crippen molar-refractivity contribution in [3.8, 4) is 0 Å². The predicted molar refractivity (Wildman–Crippen MR) is 50.6 cm³/mol. The molecule has 2 atom stereocenters. The van der Waals surface area contributed by atoms with Gasteiger partial charge in [0.15, 0.2) is 6.17 Å². The Morgan fingerprint density at radius 3 is 3.00 bits per heavy atom. The highest BCUT2D eigenvalue weighted by atomic mass is 15.2. The molecule has 1 N–H and O–H groups in total. The summed E-state index contributed by atoms with van der Waals surface area (Å²) in [7, 11) is 0. The summed E-state index contributed by atoms with van der Waals surface area (Å²) in [6.45, 7) is 4.39. The third kappa shape index (κ3) is 1.05. The van der Waals surface area contributed by atoms with Crippen LogP contribution in [-0.2, 0) is 0 Å². The number of rotatable bonds is 1. The molecule has 0 aromatic rings. The molecule has 2 heterocycles. The van der Waals surface area contributed by atoms with Crippen molar-refractivity contribution in [3.63, 3.8) is 0 Å². The van der Waals surface area contributed by atoms with Crippen molar-refractivity contribution in [2.24, 2.45) is 15.9 Å². The van der Waals surface area contributed by atoms with E-state index in [1.165, 1.54) is 5.57 Å². The van der Waals surface area contributed by atoms with Crippen molar-refractivity contribution in [1.29, 1.82) is 0 Å². The minimum absolute atomic E-state index is 0.0902. The number of hydrogen-bond donors (Lipinski definition) is 1. The number of dihydropyridines is 1. The fraction of sp³-hybridized carbons (Fsp3) is 0.556. The first-order valence-corrected chi connectivity index (χ1v) is 4.30. The molecular formula is C9H13N3.